The Hall–Kier alpha value is -1.27. The average Bonchev–Trinajstić information content (AvgIpc) is 2.57. The highest BCUT2D eigenvalue weighted by molar-refractivity contribution is 5.78. The van der Waals surface area contributed by atoms with E-state index in [1.165, 1.54) is 4.90 Å². The predicted octanol–water partition coefficient (Wildman–Crippen LogP) is 3.15. The molecule has 3 rings (SSSR count). The number of fused-ring (bicyclic) bond motifs is 2. The largest absolute Gasteiger partial charge is 0.459 e. The molecule has 3 aliphatic rings. The van der Waals surface area contributed by atoms with Gasteiger partial charge in [0.1, 0.15) is 12.5 Å². The minimum Gasteiger partial charge on any atom is -0.459 e. The topological polar surface area (TPSA) is 46.6 Å². The van der Waals surface area contributed by atoms with Gasteiger partial charge in [0.05, 0.1) is 11.5 Å². The predicted molar refractivity (Wildman–Crippen MR) is 79.8 cm³/mol. The summed E-state index contributed by atoms with van der Waals surface area (Å²) in [6, 6.07) is -0.394. The Balaban J connectivity index is 1.81. The number of piperidine rings is 1. The minimum absolute atomic E-state index is 0.150. The molecule has 0 aromatic rings. The fourth-order valence-electron chi connectivity index (χ4n) is 4.62. The fourth-order valence-corrected chi connectivity index (χ4v) is 4.62. The number of hydrogen-bond donors (Lipinski definition) is 0. The highest BCUT2D eigenvalue weighted by Gasteiger charge is 2.57. The summed E-state index contributed by atoms with van der Waals surface area (Å²) in [6.45, 7) is 5.61. The van der Waals surface area contributed by atoms with Gasteiger partial charge in [0.2, 0.25) is 5.91 Å². The van der Waals surface area contributed by atoms with Crippen molar-refractivity contribution in [3.8, 4) is 0 Å². The van der Waals surface area contributed by atoms with E-state index in [4.69, 9.17) is 4.74 Å². The molecule has 0 N–H and O–H groups in total. The molecule has 2 aliphatic carbocycles. The van der Waals surface area contributed by atoms with Crippen molar-refractivity contribution in [1.29, 1.82) is 0 Å². The van der Waals surface area contributed by atoms with Crippen LogP contribution in [0.15, 0.2) is 0 Å². The molecular weight excluding hydrogens is 323 g/mol. The normalized spacial score (nSPS) is 35.2. The maximum Gasteiger partial charge on any atom is 0.397 e. The van der Waals surface area contributed by atoms with Crippen LogP contribution >= 0.6 is 0 Å². The zero-order valence-electron chi connectivity index (χ0n) is 14.2. The standard InChI is InChI=1S/C17H24F3NO3/c1-16(2,3)15(23)24-14-11-5-9-4-10(6-11)13(14)21(8-9)12(22)7-17(18,19)20/h9-11,13-14H,4-8H2,1-3H3/t9?,10?,11-,13?,14+/m1/s1. The molecule has 3 bridgehead atoms. The monoisotopic (exact) mass is 347 g/mol. The molecule has 0 radical (unpaired) electrons. The van der Waals surface area contributed by atoms with E-state index >= 15 is 0 Å². The number of carbonyl (C=O) groups excluding carboxylic acids is 2. The number of amides is 1. The van der Waals surface area contributed by atoms with Crippen LogP contribution in [0.1, 0.15) is 46.5 Å². The molecule has 0 aromatic carbocycles. The highest BCUT2D eigenvalue weighted by Crippen LogP contribution is 2.52. The van der Waals surface area contributed by atoms with Gasteiger partial charge in [-0.25, -0.2) is 0 Å². The maximum absolute atomic E-state index is 12.6. The second kappa shape index (κ2) is 5.63. The smallest absolute Gasteiger partial charge is 0.397 e. The van der Waals surface area contributed by atoms with Crippen LogP contribution < -0.4 is 0 Å². The summed E-state index contributed by atoms with van der Waals surface area (Å²) in [5.41, 5.74) is -0.671. The van der Waals surface area contributed by atoms with Crippen molar-refractivity contribution in [2.45, 2.75) is 64.8 Å². The van der Waals surface area contributed by atoms with E-state index in [0.29, 0.717) is 6.54 Å². The number of rotatable bonds is 2. The van der Waals surface area contributed by atoms with Crippen molar-refractivity contribution < 1.29 is 27.5 Å². The highest BCUT2D eigenvalue weighted by atomic mass is 19.4. The molecule has 24 heavy (non-hydrogen) atoms. The number of halogens is 3. The van der Waals surface area contributed by atoms with Crippen LogP contribution in [0.4, 0.5) is 13.2 Å². The third-order valence-electron chi connectivity index (χ3n) is 5.50. The molecule has 5 atom stereocenters. The van der Waals surface area contributed by atoms with Crippen LogP contribution in [-0.4, -0.2) is 41.6 Å². The number of alkyl halides is 3. The Bertz CT molecular complexity index is 540. The van der Waals surface area contributed by atoms with E-state index in [1.54, 1.807) is 20.8 Å². The zero-order chi connectivity index (χ0) is 17.9. The molecule has 0 spiro atoms. The first-order chi connectivity index (χ1) is 11.0. The van der Waals surface area contributed by atoms with Crippen LogP contribution in [-0.2, 0) is 14.3 Å². The molecule has 2 saturated carbocycles. The Morgan fingerprint density at radius 1 is 1.08 bits per heavy atom. The first kappa shape index (κ1) is 17.5. The second-order valence-electron chi connectivity index (χ2n) is 8.54. The molecule has 3 unspecified atom stereocenters. The Morgan fingerprint density at radius 3 is 2.29 bits per heavy atom. The number of carbonyl (C=O) groups is 2. The van der Waals surface area contributed by atoms with Crippen LogP contribution in [0.3, 0.4) is 0 Å². The summed E-state index contributed by atoms with van der Waals surface area (Å²) in [6.07, 6.45) is -3.84. The van der Waals surface area contributed by atoms with Gasteiger partial charge in [-0.15, -0.1) is 0 Å². The first-order valence-corrected chi connectivity index (χ1v) is 8.53. The molecule has 3 fully saturated rings. The van der Waals surface area contributed by atoms with Gasteiger partial charge in [0, 0.05) is 6.54 Å². The number of esters is 1. The van der Waals surface area contributed by atoms with Crippen LogP contribution in [0.2, 0.25) is 0 Å². The average molecular weight is 347 g/mol. The Morgan fingerprint density at radius 2 is 1.71 bits per heavy atom. The van der Waals surface area contributed by atoms with Gasteiger partial charge in [-0.05, 0) is 57.8 Å². The molecule has 1 saturated heterocycles. The lowest BCUT2D eigenvalue weighted by molar-refractivity contribution is -0.173. The maximum atomic E-state index is 12.6. The van der Waals surface area contributed by atoms with Crippen molar-refractivity contribution in [2.75, 3.05) is 6.54 Å². The lowest BCUT2D eigenvalue weighted by Gasteiger charge is -2.42. The SMILES string of the molecule is CC(C)(C)C(=O)O[C@@H]1C2C3CC(C[C@@H]1C3)CN2C(=O)CC(F)(F)F. The van der Waals surface area contributed by atoms with Gasteiger partial charge >= 0.3 is 12.1 Å². The van der Waals surface area contributed by atoms with E-state index in [9.17, 15) is 22.8 Å². The van der Waals surface area contributed by atoms with E-state index in [-0.39, 0.29) is 23.7 Å². The summed E-state index contributed by atoms with van der Waals surface area (Å²) >= 11 is 0. The summed E-state index contributed by atoms with van der Waals surface area (Å²) in [5.74, 6) is -0.708. The van der Waals surface area contributed by atoms with Gasteiger partial charge in [0.25, 0.3) is 0 Å². The molecule has 7 heteroatoms. The molecule has 1 aliphatic heterocycles. The van der Waals surface area contributed by atoms with Crippen molar-refractivity contribution in [2.24, 2.45) is 23.2 Å². The van der Waals surface area contributed by atoms with Gasteiger partial charge < -0.3 is 9.64 Å². The van der Waals surface area contributed by atoms with Gasteiger partial charge in [-0.3, -0.25) is 9.59 Å². The molecule has 4 nitrogen and oxygen atoms in total. The van der Waals surface area contributed by atoms with Crippen molar-refractivity contribution >= 4 is 11.9 Å². The zero-order valence-corrected chi connectivity index (χ0v) is 14.2. The number of nitrogens with zero attached hydrogens (tertiary/aromatic N) is 1. The third kappa shape index (κ3) is 3.26. The summed E-state index contributed by atoms with van der Waals surface area (Å²) < 4.78 is 43.6. The van der Waals surface area contributed by atoms with Crippen LogP contribution in [0.25, 0.3) is 0 Å². The summed E-state index contributed by atoms with van der Waals surface area (Å²) in [7, 11) is 0. The first-order valence-electron chi connectivity index (χ1n) is 8.53. The van der Waals surface area contributed by atoms with E-state index in [0.717, 1.165) is 19.3 Å². The summed E-state index contributed by atoms with van der Waals surface area (Å²) in [4.78, 5) is 25.9. The number of hydrogen-bond acceptors (Lipinski definition) is 3. The lowest BCUT2D eigenvalue weighted by Crippen LogP contribution is -2.54. The van der Waals surface area contributed by atoms with Gasteiger partial charge in [-0.2, -0.15) is 13.2 Å². The van der Waals surface area contributed by atoms with Crippen molar-refractivity contribution in [3.05, 3.63) is 0 Å². The second-order valence-corrected chi connectivity index (χ2v) is 8.54. The van der Waals surface area contributed by atoms with Crippen LogP contribution in [0.5, 0.6) is 0 Å². The van der Waals surface area contributed by atoms with Crippen LogP contribution in [0, 0.1) is 23.2 Å². The lowest BCUT2D eigenvalue weighted by atomic mass is 9.78. The van der Waals surface area contributed by atoms with Gasteiger partial charge in [-0.1, -0.05) is 0 Å². The summed E-state index contributed by atoms with van der Waals surface area (Å²) in [5, 5.41) is 0. The third-order valence-corrected chi connectivity index (χ3v) is 5.50. The van der Waals surface area contributed by atoms with Crippen molar-refractivity contribution in [1.82, 2.24) is 4.90 Å². The Labute approximate surface area is 139 Å². The Kier molecular flexibility index (Phi) is 4.12. The quantitative estimate of drug-likeness (QED) is 0.721. The van der Waals surface area contributed by atoms with Gasteiger partial charge in [0.15, 0.2) is 0 Å². The minimum atomic E-state index is -4.51. The van der Waals surface area contributed by atoms with Crippen molar-refractivity contribution in [3.63, 3.8) is 0 Å². The van der Waals surface area contributed by atoms with E-state index in [1.807, 2.05) is 0 Å². The fraction of sp³-hybridized carbons (Fsp3) is 0.882. The van der Waals surface area contributed by atoms with E-state index in [2.05, 4.69) is 0 Å². The number of ether oxygens (including phenoxy) is 1. The van der Waals surface area contributed by atoms with E-state index < -0.39 is 36.1 Å². The molecule has 1 heterocycles. The molecule has 0 aromatic heterocycles. The number of likely N-dealkylation sites (tertiary alicyclic amines) is 1. The molecular formula is C17H24F3NO3. The molecule has 1 amide bonds. The molecule has 136 valence electrons.